The highest BCUT2D eigenvalue weighted by Gasteiger charge is 2.27. The first kappa shape index (κ1) is 31.5. The smallest absolute Gasteiger partial charge is 0.235 e. The van der Waals surface area contributed by atoms with Gasteiger partial charge in [0.2, 0.25) is 5.95 Å². The molecular formula is C54H29N3OS. The highest BCUT2D eigenvalue weighted by atomic mass is 32.1. The molecule has 0 bridgehead atoms. The van der Waals surface area contributed by atoms with Crippen LogP contribution >= 0.6 is 11.3 Å². The zero-order valence-electron chi connectivity index (χ0n) is 31.4. The van der Waals surface area contributed by atoms with Crippen molar-refractivity contribution in [1.82, 2.24) is 14.5 Å². The zero-order valence-corrected chi connectivity index (χ0v) is 32.2. The molecule has 0 N–H and O–H groups in total. The van der Waals surface area contributed by atoms with Gasteiger partial charge in [-0.15, -0.1) is 11.3 Å². The van der Waals surface area contributed by atoms with Crippen molar-refractivity contribution in [2.45, 2.75) is 0 Å². The Balaban J connectivity index is 1.25. The second-order valence-electron chi connectivity index (χ2n) is 15.6. The number of benzene rings is 10. The molecule has 14 aromatic rings. The van der Waals surface area contributed by atoms with Crippen LogP contribution in [0.25, 0.3) is 135 Å². The Morgan fingerprint density at radius 2 is 1.02 bits per heavy atom. The maximum Gasteiger partial charge on any atom is 0.235 e. The molecule has 0 saturated heterocycles. The molecule has 0 aliphatic carbocycles. The van der Waals surface area contributed by atoms with Gasteiger partial charge in [0.05, 0.1) is 16.7 Å². The number of hydrogen-bond acceptors (Lipinski definition) is 4. The molecule has 4 nitrogen and oxygen atoms in total. The summed E-state index contributed by atoms with van der Waals surface area (Å²) in [6, 6.07) is 63.3. The van der Waals surface area contributed by atoms with Crippen LogP contribution in [0.4, 0.5) is 0 Å². The van der Waals surface area contributed by atoms with Gasteiger partial charge in [0.25, 0.3) is 0 Å². The zero-order chi connectivity index (χ0) is 38.3. The number of aromatic nitrogens is 3. The van der Waals surface area contributed by atoms with Gasteiger partial charge in [-0.3, -0.25) is 4.57 Å². The summed E-state index contributed by atoms with van der Waals surface area (Å²) in [6.07, 6.45) is 0. The Bertz CT molecular complexity index is 4150. The molecular weight excluding hydrogens is 739 g/mol. The molecule has 59 heavy (non-hydrogen) atoms. The Labute approximate surface area is 339 Å². The van der Waals surface area contributed by atoms with E-state index in [4.69, 9.17) is 14.4 Å². The number of para-hydroxylation sites is 1. The number of furan rings is 1. The lowest BCUT2D eigenvalue weighted by molar-refractivity contribution is 0.671. The lowest BCUT2D eigenvalue weighted by Gasteiger charge is -2.16. The molecule has 0 aliphatic rings. The normalized spacial score (nSPS) is 12.4. The fraction of sp³-hybridized carbons (Fsp3) is 0. The summed E-state index contributed by atoms with van der Waals surface area (Å²) in [5.41, 5.74) is 6.60. The summed E-state index contributed by atoms with van der Waals surface area (Å²) in [5.74, 6) is 0.608. The predicted molar refractivity (Wildman–Crippen MR) is 250 cm³/mol. The quantitative estimate of drug-likeness (QED) is 0.165. The van der Waals surface area contributed by atoms with Crippen molar-refractivity contribution in [3.63, 3.8) is 0 Å². The van der Waals surface area contributed by atoms with Crippen molar-refractivity contribution < 1.29 is 4.42 Å². The summed E-state index contributed by atoms with van der Waals surface area (Å²) >= 11 is 1.83. The minimum atomic E-state index is 0.608. The van der Waals surface area contributed by atoms with Gasteiger partial charge >= 0.3 is 0 Å². The van der Waals surface area contributed by atoms with Crippen LogP contribution in [0.2, 0.25) is 0 Å². The van der Waals surface area contributed by atoms with Crippen LogP contribution in [0.1, 0.15) is 0 Å². The van der Waals surface area contributed by atoms with Crippen LogP contribution in [0, 0.1) is 0 Å². The fourth-order valence-corrected chi connectivity index (χ4v) is 11.2. The molecule has 0 amide bonds. The number of rotatable bonds is 2. The molecule has 4 heterocycles. The SMILES string of the molecule is c1ccc2c(c1)ccc1c3c4ccccc4c4c5ccccc5oc4c3n(-c3nc(-c4ccc5sc6ccccc6c5c4)c4c5ccccc5c5ccccc5c4n3)c21. The van der Waals surface area contributed by atoms with Crippen LogP contribution in [-0.4, -0.2) is 14.5 Å². The molecule has 0 aliphatic heterocycles. The number of thiophene rings is 1. The minimum absolute atomic E-state index is 0.608. The molecule has 4 aromatic heterocycles. The second-order valence-corrected chi connectivity index (χ2v) is 16.7. The van der Waals surface area contributed by atoms with Crippen molar-refractivity contribution in [3.05, 3.63) is 176 Å². The molecule has 0 fully saturated rings. The first-order chi connectivity index (χ1) is 29.3. The monoisotopic (exact) mass is 767 g/mol. The van der Waals surface area contributed by atoms with Gasteiger partial charge in [-0.1, -0.05) is 152 Å². The van der Waals surface area contributed by atoms with Crippen LogP contribution in [0.5, 0.6) is 0 Å². The van der Waals surface area contributed by atoms with E-state index in [1.54, 1.807) is 0 Å². The Hall–Kier alpha value is -7.60. The summed E-state index contributed by atoms with van der Waals surface area (Å²) in [5, 5.41) is 17.2. The summed E-state index contributed by atoms with van der Waals surface area (Å²) in [6.45, 7) is 0. The maximum absolute atomic E-state index is 7.01. The van der Waals surface area contributed by atoms with Gasteiger partial charge in [0.15, 0.2) is 5.58 Å². The topological polar surface area (TPSA) is 43.9 Å². The van der Waals surface area contributed by atoms with Gasteiger partial charge in [-0.25, -0.2) is 9.97 Å². The van der Waals surface area contributed by atoms with Crippen LogP contribution < -0.4 is 0 Å². The van der Waals surface area contributed by atoms with E-state index in [-0.39, 0.29) is 0 Å². The van der Waals surface area contributed by atoms with Gasteiger partial charge < -0.3 is 4.42 Å². The first-order valence-electron chi connectivity index (χ1n) is 20.0. The van der Waals surface area contributed by atoms with E-state index in [1.807, 2.05) is 11.3 Å². The van der Waals surface area contributed by atoms with E-state index in [9.17, 15) is 0 Å². The third-order valence-electron chi connectivity index (χ3n) is 12.5. The molecule has 0 radical (unpaired) electrons. The van der Waals surface area contributed by atoms with Crippen molar-refractivity contribution in [1.29, 1.82) is 0 Å². The van der Waals surface area contributed by atoms with Crippen molar-refractivity contribution in [3.8, 4) is 17.2 Å². The molecule has 0 spiro atoms. The van der Waals surface area contributed by atoms with Crippen LogP contribution in [-0.2, 0) is 0 Å². The average molecular weight is 768 g/mol. The molecule has 5 heteroatoms. The van der Waals surface area contributed by atoms with E-state index in [0.29, 0.717) is 5.95 Å². The lowest BCUT2D eigenvalue weighted by atomic mass is 9.94. The highest BCUT2D eigenvalue weighted by Crippen LogP contribution is 2.48. The highest BCUT2D eigenvalue weighted by molar-refractivity contribution is 7.25. The van der Waals surface area contributed by atoms with E-state index in [2.05, 4.69) is 180 Å². The van der Waals surface area contributed by atoms with E-state index in [0.717, 1.165) is 87.4 Å². The fourth-order valence-electron chi connectivity index (χ4n) is 10.1. The number of fused-ring (bicyclic) bond motifs is 21. The van der Waals surface area contributed by atoms with E-state index < -0.39 is 0 Å². The molecule has 14 rings (SSSR count). The van der Waals surface area contributed by atoms with Crippen molar-refractivity contribution >= 4 is 129 Å². The lowest BCUT2D eigenvalue weighted by Crippen LogP contribution is -2.05. The molecule has 10 aromatic carbocycles. The number of hydrogen-bond donors (Lipinski definition) is 0. The Kier molecular flexibility index (Phi) is 6.14. The minimum Gasteiger partial charge on any atom is -0.454 e. The van der Waals surface area contributed by atoms with Gasteiger partial charge in [-0.2, -0.15) is 0 Å². The maximum atomic E-state index is 7.01. The van der Waals surface area contributed by atoms with Gasteiger partial charge in [0, 0.05) is 63.4 Å². The molecule has 272 valence electrons. The third-order valence-corrected chi connectivity index (χ3v) is 13.7. The largest absolute Gasteiger partial charge is 0.454 e. The average Bonchev–Trinajstić information content (AvgIpc) is 3.99. The second kappa shape index (κ2) is 11.5. The molecule has 0 saturated carbocycles. The van der Waals surface area contributed by atoms with Crippen LogP contribution in [0.3, 0.4) is 0 Å². The van der Waals surface area contributed by atoms with E-state index in [1.165, 1.54) is 41.7 Å². The van der Waals surface area contributed by atoms with E-state index >= 15 is 0 Å². The van der Waals surface area contributed by atoms with Crippen LogP contribution in [0.15, 0.2) is 180 Å². The van der Waals surface area contributed by atoms with Gasteiger partial charge in [-0.05, 0) is 56.6 Å². The summed E-state index contributed by atoms with van der Waals surface area (Å²) in [4.78, 5) is 11.5. The molecule has 0 atom stereocenters. The Morgan fingerprint density at radius 3 is 1.83 bits per heavy atom. The van der Waals surface area contributed by atoms with Crippen molar-refractivity contribution in [2.75, 3.05) is 0 Å². The molecule has 0 unspecified atom stereocenters. The van der Waals surface area contributed by atoms with Crippen molar-refractivity contribution in [2.24, 2.45) is 0 Å². The standard InChI is InChI=1S/C54H29N3OS/c1-2-14-32-30(13-1)25-27-41-46-37-19-6-7-20-38(37)47-40-22-9-11-23-43(40)58-53(47)52(46)57(51(32)41)54-55-49(31-26-28-45-42(29-31)35-17-10-12-24-44(35)59-45)48-36-18-5-3-15-33(36)34-16-4-8-21-39(34)50(48)56-54/h1-29H. The van der Waals surface area contributed by atoms with Gasteiger partial charge in [0.1, 0.15) is 11.1 Å². The summed E-state index contributed by atoms with van der Waals surface area (Å²) in [7, 11) is 0. The first-order valence-corrected chi connectivity index (χ1v) is 20.8. The predicted octanol–water partition coefficient (Wildman–Crippen LogP) is 15.3. The third kappa shape index (κ3) is 4.16. The number of nitrogens with zero attached hydrogens (tertiary/aromatic N) is 3. The summed E-state index contributed by atoms with van der Waals surface area (Å²) < 4.78 is 11.9. The Morgan fingerprint density at radius 1 is 0.407 bits per heavy atom.